The van der Waals surface area contributed by atoms with Crippen molar-refractivity contribution in [1.29, 1.82) is 0 Å². The fourth-order valence-electron chi connectivity index (χ4n) is 4.07. The molecule has 1 aromatic carbocycles. The molecule has 5 rings (SSSR count). The molecule has 0 aliphatic carbocycles. The Bertz CT molecular complexity index is 995. The maximum absolute atomic E-state index is 13.2. The molecule has 0 spiro atoms. The van der Waals surface area contributed by atoms with Gasteiger partial charge in [0.25, 0.3) is 5.91 Å². The first-order valence-corrected chi connectivity index (χ1v) is 9.84. The minimum Gasteiger partial charge on any atom is -0.368 e. The van der Waals surface area contributed by atoms with Gasteiger partial charge in [-0.3, -0.25) is 4.79 Å². The van der Waals surface area contributed by atoms with E-state index in [1.165, 1.54) is 12.8 Å². The molecule has 2 saturated heterocycles. The summed E-state index contributed by atoms with van der Waals surface area (Å²) in [6.45, 7) is 3.58. The number of hydrogen-bond acceptors (Lipinski definition) is 5. The summed E-state index contributed by atoms with van der Waals surface area (Å²) >= 11 is 0. The van der Waals surface area contributed by atoms with Gasteiger partial charge in [0, 0.05) is 48.5 Å². The molecule has 4 heterocycles. The van der Waals surface area contributed by atoms with Gasteiger partial charge in [-0.2, -0.15) is 0 Å². The second-order valence-electron chi connectivity index (χ2n) is 7.33. The number of ether oxygens (including phenoxy) is 1. The van der Waals surface area contributed by atoms with Crippen LogP contribution in [0.1, 0.15) is 35.0 Å². The first-order chi connectivity index (χ1) is 13.8. The van der Waals surface area contributed by atoms with Crippen LogP contribution in [0.25, 0.3) is 10.9 Å². The maximum Gasteiger partial charge on any atom is 0.254 e. The smallest absolute Gasteiger partial charge is 0.254 e. The van der Waals surface area contributed by atoms with Crippen LogP contribution in [-0.2, 0) is 4.74 Å². The Kier molecular flexibility index (Phi) is 4.44. The number of H-pyrrole nitrogens is 1. The Balaban J connectivity index is 1.37. The van der Waals surface area contributed by atoms with Crippen LogP contribution in [0.15, 0.2) is 42.7 Å². The molecule has 2 fully saturated rings. The van der Waals surface area contributed by atoms with E-state index in [0.717, 1.165) is 41.2 Å². The van der Waals surface area contributed by atoms with Crippen LogP contribution in [0.2, 0.25) is 0 Å². The average molecular weight is 377 g/mol. The molecular formula is C21H23N5O2. The highest BCUT2D eigenvalue weighted by Gasteiger charge is 2.28. The normalized spacial score (nSPS) is 20.1. The van der Waals surface area contributed by atoms with Gasteiger partial charge < -0.3 is 19.5 Å². The number of rotatable bonds is 3. The van der Waals surface area contributed by atoms with Crippen molar-refractivity contribution < 1.29 is 9.53 Å². The first-order valence-electron chi connectivity index (χ1n) is 9.84. The molecule has 1 amide bonds. The molecule has 28 heavy (non-hydrogen) atoms. The Hall–Kier alpha value is -2.93. The first kappa shape index (κ1) is 17.2. The highest BCUT2D eigenvalue weighted by atomic mass is 16.5. The van der Waals surface area contributed by atoms with Crippen LogP contribution < -0.4 is 4.90 Å². The van der Waals surface area contributed by atoms with E-state index in [9.17, 15) is 4.79 Å². The van der Waals surface area contributed by atoms with Gasteiger partial charge in [-0.15, -0.1) is 0 Å². The van der Waals surface area contributed by atoms with E-state index in [1.54, 1.807) is 6.20 Å². The number of carbonyl (C=O) groups excluding carboxylic acids is 1. The van der Waals surface area contributed by atoms with Crippen LogP contribution in [0.4, 0.5) is 5.95 Å². The minimum atomic E-state index is -0.229. The number of nitrogens with zero attached hydrogens (tertiary/aromatic N) is 4. The van der Waals surface area contributed by atoms with Gasteiger partial charge >= 0.3 is 0 Å². The van der Waals surface area contributed by atoms with E-state index >= 15 is 0 Å². The van der Waals surface area contributed by atoms with Crippen LogP contribution in [-0.4, -0.2) is 58.5 Å². The summed E-state index contributed by atoms with van der Waals surface area (Å²) in [6, 6.07) is 9.63. The molecule has 0 bridgehead atoms. The van der Waals surface area contributed by atoms with Crippen LogP contribution in [0.5, 0.6) is 0 Å². The quantitative estimate of drug-likeness (QED) is 0.760. The van der Waals surface area contributed by atoms with Crippen molar-refractivity contribution in [2.75, 3.05) is 37.7 Å². The van der Waals surface area contributed by atoms with Gasteiger partial charge in [0.2, 0.25) is 5.95 Å². The summed E-state index contributed by atoms with van der Waals surface area (Å²) in [6.07, 6.45) is 5.79. The van der Waals surface area contributed by atoms with E-state index in [1.807, 2.05) is 41.4 Å². The standard InChI is InChI=1S/C21H23N5O2/c27-20(16-4-3-5-17-15(16)6-8-22-17)26-12-13-28-19(14-26)18-7-9-23-21(24-18)25-10-1-2-11-25/h3-9,19,22H,1-2,10-14H2. The molecule has 1 unspecified atom stereocenters. The minimum absolute atomic E-state index is 0.0346. The van der Waals surface area contributed by atoms with Crippen molar-refractivity contribution in [2.45, 2.75) is 18.9 Å². The van der Waals surface area contributed by atoms with Crippen LogP contribution in [0, 0.1) is 0 Å². The fourth-order valence-corrected chi connectivity index (χ4v) is 4.07. The van der Waals surface area contributed by atoms with E-state index in [2.05, 4.69) is 14.9 Å². The van der Waals surface area contributed by atoms with E-state index < -0.39 is 0 Å². The van der Waals surface area contributed by atoms with Crippen molar-refractivity contribution in [3.63, 3.8) is 0 Å². The lowest BCUT2D eigenvalue weighted by Crippen LogP contribution is -2.42. The summed E-state index contributed by atoms with van der Waals surface area (Å²) in [5.74, 6) is 0.798. The Morgan fingerprint density at radius 2 is 2.04 bits per heavy atom. The summed E-state index contributed by atoms with van der Waals surface area (Å²) in [4.78, 5) is 29.6. The van der Waals surface area contributed by atoms with Crippen molar-refractivity contribution in [3.05, 3.63) is 54.0 Å². The van der Waals surface area contributed by atoms with Gasteiger partial charge in [0.1, 0.15) is 6.10 Å². The van der Waals surface area contributed by atoms with E-state index in [4.69, 9.17) is 9.72 Å². The van der Waals surface area contributed by atoms with Gasteiger partial charge in [-0.1, -0.05) is 6.07 Å². The molecule has 1 N–H and O–H groups in total. The van der Waals surface area contributed by atoms with E-state index in [0.29, 0.717) is 19.7 Å². The molecule has 2 aliphatic rings. The molecule has 144 valence electrons. The molecular weight excluding hydrogens is 354 g/mol. The molecule has 2 aliphatic heterocycles. The van der Waals surface area contributed by atoms with Crippen molar-refractivity contribution in [2.24, 2.45) is 0 Å². The molecule has 7 heteroatoms. The van der Waals surface area contributed by atoms with Crippen LogP contribution in [0.3, 0.4) is 0 Å². The number of morpholine rings is 1. The summed E-state index contributed by atoms with van der Waals surface area (Å²) < 4.78 is 5.96. The number of benzene rings is 1. The fraction of sp³-hybridized carbons (Fsp3) is 0.381. The largest absolute Gasteiger partial charge is 0.368 e. The van der Waals surface area contributed by atoms with Crippen molar-refractivity contribution >= 4 is 22.8 Å². The molecule has 1 atom stereocenters. The van der Waals surface area contributed by atoms with Gasteiger partial charge in [-0.05, 0) is 37.1 Å². The van der Waals surface area contributed by atoms with Gasteiger partial charge in [-0.25, -0.2) is 9.97 Å². The number of anilines is 1. The zero-order valence-corrected chi connectivity index (χ0v) is 15.7. The molecule has 0 saturated carbocycles. The second kappa shape index (κ2) is 7.24. The predicted molar refractivity (Wildman–Crippen MR) is 106 cm³/mol. The monoisotopic (exact) mass is 377 g/mol. The number of aromatic nitrogens is 3. The van der Waals surface area contributed by atoms with Crippen LogP contribution >= 0.6 is 0 Å². The predicted octanol–water partition coefficient (Wildman–Crippen LogP) is 2.77. The lowest BCUT2D eigenvalue weighted by atomic mass is 10.1. The Labute approximate surface area is 163 Å². The third kappa shape index (κ3) is 3.11. The highest BCUT2D eigenvalue weighted by molar-refractivity contribution is 6.06. The third-order valence-corrected chi connectivity index (χ3v) is 5.56. The SMILES string of the molecule is O=C(c1cccc2[nH]ccc12)N1CCOC(c2ccnc(N3CCCC3)n2)C1. The highest BCUT2D eigenvalue weighted by Crippen LogP contribution is 2.26. The number of nitrogens with one attached hydrogen (secondary N) is 1. The summed E-state index contributed by atoms with van der Waals surface area (Å²) in [7, 11) is 0. The van der Waals surface area contributed by atoms with Crippen molar-refractivity contribution in [3.8, 4) is 0 Å². The lowest BCUT2D eigenvalue weighted by molar-refractivity contribution is -0.0246. The molecule has 7 nitrogen and oxygen atoms in total. The average Bonchev–Trinajstić information content (AvgIpc) is 3.45. The zero-order chi connectivity index (χ0) is 18.9. The number of hydrogen-bond donors (Lipinski definition) is 1. The number of fused-ring (bicyclic) bond motifs is 1. The molecule has 3 aromatic rings. The van der Waals surface area contributed by atoms with Crippen molar-refractivity contribution in [1.82, 2.24) is 19.9 Å². The maximum atomic E-state index is 13.2. The topological polar surface area (TPSA) is 74.3 Å². The molecule has 0 radical (unpaired) electrons. The van der Waals surface area contributed by atoms with Gasteiger partial charge in [0.15, 0.2) is 0 Å². The second-order valence-corrected chi connectivity index (χ2v) is 7.33. The van der Waals surface area contributed by atoms with E-state index in [-0.39, 0.29) is 12.0 Å². The third-order valence-electron chi connectivity index (χ3n) is 5.56. The molecule has 2 aromatic heterocycles. The zero-order valence-electron chi connectivity index (χ0n) is 15.7. The number of aromatic amines is 1. The number of carbonyl (C=O) groups is 1. The Morgan fingerprint density at radius 1 is 1.14 bits per heavy atom. The lowest BCUT2D eigenvalue weighted by Gasteiger charge is -2.33. The van der Waals surface area contributed by atoms with Gasteiger partial charge in [0.05, 0.1) is 18.8 Å². The summed E-state index contributed by atoms with van der Waals surface area (Å²) in [5.41, 5.74) is 2.54. The summed E-state index contributed by atoms with van der Waals surface area (Å²) in [5, 5.41) is 0.953. The Morgan fingerprint density at radius 3 is 2.93 bits per heavy atom. The number of amides is 1.